The van der Waals surface area contributed by atoms with E-state index in [2.05, 4.69) is 11.4 Å². The summed E-state index contributed by atoms with van der Waals surface area (Å²) in [5, 5.41) is 2.74. The molecule has 0 N–H and O–H groups in total. The number of ether oxygens (including phenoxy) is 1. The smallest absolute Gasteiger partial charge is 0.242 e. The SMILES string of the molecule is O=C(Cc1ccccc1)N(CC(=O)N1CCc2sccc2[C@H]1COc1ccc(Cl)cc1)CC1CC1. The fourth-order valence-electron chi connectivity index (χ4n) is 4.58. The molecule has 1 fully saturated rings. The normalized spacial score (nSPS) is 17.1. The molecule has 5 nitrogen and oxygen atoms in total. The Balaban J connectivity index is 1.30. The van der Waals surface area contributed by atoms with Crippen molar-refractivity contribution in [3.8, 4) is 5.75 Å². The molecule has 0 bridgehead atoms. The van der Waals surface area contributed by atoms with Crippen LogP contribution in [0, 0.1) is 5.92 Å². The molecule has 0 unspecified atom stereocenters. The molecule has 1 saturated carbocycles. The molecule has 7 heteroatoms. The Morgan fingerprint density at radius 2 is 1.83 bits per heavy atom. The summed E-state index contributed by atoms with van der Waals surface area (Å²) in [6.45, 7) is 1.75. The van der Waals surface area contributed by atoms with Crippen LogP contribution in [-0.2, 0) is 22.4 Å². The van der Waals surface area contributed by atoms with E-state index < -0.39 is 0 Å². The Bertz CT molecular complexity index is 1160. The number of carbonyl (C=O) groups excluding carboxylic acids is 2. The molecule has 182 valence electrons. The first-order valence-electron chi connectivity index (χ1n) is 12.1. The predicted octanol–water partition coefficient (Wildman–Crippen LogP) is 5.39. The van der Waals surface area contributed by atoms with Crippen LogP contribution in [0.2, 0.25) is 5.02 Å². The van der Waals surface area contributed by atoms with E-state index in [1.165, 1.54) is 4.88 Å². The van der Waals surface area contributed by atoms with Crippen molar-refractivity contribution in [2.75, 3.05) is 26.2 Å². The number of thiophene rings is 1. The molecule has 1 aromatic heterocycles. The molecule has 1 aliphatic carbocycles. The molecule has 0 radical (unpaired) electrons. The van der Waals surface area contributed by atoms with Crippen LogP contribution in [0.4, 0.5) is 0 Å². The molecule has 3 aromatic rings. The van der Waals surface area contributed by atoms with E-state index >= 15 is 0 Å². The highest BCUT2D eigenvalue weighted by atomic mass is 35.5. The van der Waals surface area contributed by atoms with Crippen LogP contribution < -0.4 is 4.74 Å². The largest absolute Gasteiger partial charge is 0.491 e. The zero-order chi connectivity index (χ0) is 24.2. The predicted molar refractivity (Wildman–Crippen MR) is 139 cm³/mol. The molecule has 1 aliphatic heterocycles. The monoisotopic (exact) mass is 508 g/mol. The second-order valence-corrected chi connectivity index (χ2v) is 10.7. The zero-order valence-electron chi connectivity index (χ0n) is 19.6. The number of hydrogen-bond donors (Lipinski definition) is 0. The number of hydrogen-bond acceptors (Lipinski definition) is 4. The first-order valence-corrected chi connectivity index (χ1v) is 13.4. The number of rotatable bonds is 9. The quantitative estimate of drug-likeness (QED) is 0.389. The lowest BCUT2D eigenvalue weighted by Gasteiger charge is -2.37. The average Bonchev–Trinajstić information content (AvgIpc) is 3.56. The zero-order valence-corrected chi connectivity index (χ0v) is 21.1. The molecule has 2 aromatic carbocycles. The van der Waals surface area contributed by atoms with Crippen LogP contribution in [0.15, 0.2) is 66.0 Å². The van der Waals surface area contributed by atoms with Crippen molar-refractivity contribution in [3.63, 3.8) is 0 Å². The summed E-state index contributed by atoms with van der Waals surface area (Å²) in [6.07, 6.45) is 3.40. The minimum atomic E-state index is -0.180. The van der Waals surface area contributed by atoms with Gasteiger partial charge in [0.1, 0.15) is 12.4 Å². The van der Waals surface area contributed by atoms with Gasteiger partial charge in [-0.3, -0.25) is 9.59 Å². The van der Waals surface area contributed by atoms with Crippen LogP contribution in [0.1, 0.15) is 34.9 Å². The lowest BCUT2D eigenvalue weighted by atomic mass is 10.0. The Morgan fingerprint density at radius 1 is 1.06 bits per heavy atom. The maximum atomic E-state index is 13.6. The third-order valence-electron chi connectivity index (χ3n) is 6.69. The van der Waals surface area contributed by atoms with Gasteiger partial charge in [0.15, 0.2) is 0 Å². The lowest BCUT2D eigenvalue weighted by molar-refractivity contribution is -0.142. The number of nitrogens with zero attached hydrogens (tertiary/aromatic N) is 2. The van der Waals surface area contributed by atoms with Crippen molar-refractivity contribution in [1.82, 2.24) is 9.80 Å². The van der Waals surface area contributed by atoms with Gasteiger partial charge in [0.05, 0.1) is 19.0 Å². The fraction of sp³-hybridized carbons (Fsp3) is 0.357. The van der Waals surface area contributed by atoms with Gasteiger partial charge in [-0.1, -0.05) is 41.9 Å². The second-order valence-electron chi connectivity index (χ2n) is 9.30. The van der Waals surface area contributed by atoms with Gasteiger partial charge in [-0.2, -0.15) is 0 Å². The van der Waals surface area contributed by atoms with Crippen LogP contribution in [0.5, 0.6) is 5.75 Å². The van der Waals surface area contributed by atoms with Gasteiger partial charge in [-0.25, -0.2) is 0 Å². The Kier molecular flexibility index (Phi) is 7.40. The summed E-state index contributed by atoms with van der Waals surface area (Å²) in [5.41, 5.74) is 2.12. The molecular formula is C28H29ClN2O3S. The molecule has 0 saturated heterocycles. The Labute approximate surface area is 215 Å². The van der Waals surface area contributed by atoms with Crippen molar-refractivity contribution in [3.05, 3.63) is 87.1 Å². The van der Waals surface area contributed by atoms with Gasteiger partial charge in [0, 0.05) is 23.0 Å². The molecule has 2 heterocycles. The maximum absolute atomic E-state index is 13.6. The van der Waals surface area contributed by atoms with E-state index in [4.69, 9.17) is 16.3 Å². The highest BCUT2D eigenvalue weighted by molar-refractivity contribution is 7.10. The van der Waals surface area contributed by atoms with Crippen molar-refractivity contribution in [2.45, 2.75) is 31.7 Å². The lowest BCUT2D eigenvalue weighted by Crippen LogP contribution is -2.48. The number of carbonyl (C=O) groups is 2. The van der Waals surface area contributed by atoms with Gasteiger partial charge in [0.25, 0.3) is 0 Å². The molecule has 2 amide bonds. The molecular weight excluding hydrogens is 480 g/mol. The molecule has 0 spiro atoms. The van der Waals surface area contributed by atoms with Gasteiger partial charge < -0.3 is 14.5 Å². The summed E-state index contributed by atoms with van der Waals surface area (Å²) >= 11 is 7.73. The summed E-state index contributed by atoms with van der Waals surface area (Å²) in [6, 6.07) is 18.9. The maximum Gasteiger partial charge on any atom is 0.242 e. The Morgan fingerprint density at radius 3 is 2.57 bits per heavy atom. The van der Waals surface area contributed by atoms with Crippen LogP contribution in [0.25, 0.3) is 0 Å². The summed E-state index contributed by atoms with van der Waals surface area (Å²) in [7, 11) is 0. The topological polar surface area (TPSA) is 49.9 Å². The highest BCUT2D eigenvalue weighted by Crippen LogP contribution is 2.35. The second kappa shape index (κ2) is 10.8. The van der Waals surface area contributed by atoms with E-state index in [0.717, 1.165) is 36.1 Å². The standard InChI is InChI=1S/C28H29ClN2O3S/c29-22-8-10-23(11-9-22)34-19-25-24-13-15-35-26(24)12-14-31(25)28(33)18-30(17-21-6-7-21)27(32)16-20-4-2-1-3-5-20/h1-5,8-11,13,15,21,25H,6-7,12,14,16-19H2/t25-/m1/s1. The van der Waals surface area contributed by atoms with Crippen molar-refractivity contribution < 1.29 is 14.3 Å². The van der Waals surface area contributed by atoms with Gasteiger partial charge >= 0.3 is 0 Å². The van der Waals surface area contributed by atoms with E-state index in [9.17, 15) is 9.59 Å². The van der Waals surface area contributed by atoms with E-state index in [-0.39, 0.29) is 24.4 Å². The molecule has 1 atom stereocenters. The number of halogens is 1. The fourth-order valence-corrected chi connectivity index (χ4v) is 5.64. The van der Waals surface area contributed by atoms with E-state index in [0.29, 0.717) is 37.1 Å². The molecule has 5 rings (SSSR count). The van der Waals surface area contributed by atoms with Gasteiger partial charge in [-0.15, -0.1) is 11.3 Å². The molecule has 2 aliphatic rings. The number of benzene rings is 2. The minimum absolute atomic E-state index is 0.0126. The first-order chi connectivity index (χ1) is 17.1. The minimum Gasteiger partial charge on any atom is -0.491 e. The molecule has 35 heavy (non-hydrogen) atoms. The van der Waals surface area contributed by atoms with Crippen LogP contribution in [-0.4, -0.2) is 47.9 Å². The highest BCUT2D eigenvalue weighted by Gasteiger charge is 2.35. The average molecular weight is 509 g/mol. The number of amides is 2. The Hall–Kier alpha value is -2.83. The number of fused-ring (bicyclic) bond motifs is 1. The summed E-state index contributed by atoms with van der Waals surface area (Å²) in [5.74, 6) is 1.22. The van der Waals surface area contributed by atoms with Gasteiger partial charge in [-0.05, 0) is 72.0 Å². The third kappa shape index (κ3) is 6.06. The van der Waals surface area contributed by atoms with Crippen molar-refractivity contribution in [1.29, 1.82) is 0 Å². The van der Waals surface area contributed by atoms with Gasteiger partial charge in [0.2, 0.25) is 11.8 Å². The van der Waals surface area contributed by atoms with E-state index in [1.807, 2.05) is 47.4 Å². The van der Waals surface area contributed by atoms with Crippen molar-refractivity contribution >= 4 is 34.8 Å². The summed E-state index contributed by atoms with van der Waals surface area (Å²) < 4.78 is 6.08. The van der Waals surface area contributed by atoms with Crippen LogP contribution in [0.3, 0.4) is 0 Å². The van der Waals surface area contributed by atoms with Crippen molar-refractivity contribution in [2.24, 2.45) is 5.92 Å². The third-order valence-corrected chi connectivity index (χ3v) is 7.94. The first kappa shape index (κ1) is 23.9. The summed E-state index contributed by atoms with van der Waals surface area (Å²) in [4.78, 5) is 31.8. The van der Waals surface area contributed by atoms with Crippen LogP contribution >= 0.6 is 22.9 Å². The van der Waals surface area contributed by atoms with E-state index in [1.54, 1.807) is 28.4 Å².